The molecule has 0 bridgehead atoms. The first-order valence-electron chi connectivity index (χ1n) is 26.1. The second kappa shape index (κ2) is 15.8. The Morgan fingerprint density at radius 2 is 0.945 bits per heavy atom. The van der Waals surface area contributed by atoms with Gasteiger partial charge in [0.25, 0.3) is 6.71 Å². The molecule has 362 valence electrons. The largest absolute Gasteiger partial charge is 0.457 e. The van der Waals surface area contributed by atoms with Crippen molar-refractivity contribution in [3.05, 3.63) is 208 Å². The number of rotatable bonds is 2. The highest BCUT2D eigenvalue weighted by Crippen LogP contribution is 2.64. The maximum Gasteiger partial charge on any atom is 0.264 e. The van der Waals surface area contributed by atoms with Crippen molar-refractivity contribution in [2.24, 2.45) is 0 Å². The Kier molecular flexibility index (Phi) is 10.0. The number of thiophene rings is 1. The lowest BCUT2D eigenvalue weighted by molar-refractivity contribution is 0.431. The highest BCUT2D eigenvalue weighted by molar-refractivity contribution is 7.99. The van der Waals surface area contributed by atoms with Crippen LogP contribution in [0.25, 0.3) is 10.1 Å². The molecule has 3 nitrogen and oxygen atoms in total. The molecule has 9 aromatic rings. The first-order valence-corrected chi connectivity index (χ1v) is 27.7. The molecule has 4 aliphatic heterocycles. The van der Waals surface area contributed by atoms with Gasteiger partial charge in [0.15, 0.2) is 0 Å². The normalized spacial score (nSPS) is 15.2. The molecule has 5 heterocycles. The van der Waals surface area contributed by atoms with E-state index in [1.54, 1.807) is 0 Å². The smallest absolute Gasteiger partial charge is 0.264 e. The number of benzene rings is 8. The average molecular weight is 987 g/mol. The Balaban J connectivity index is 1.19. The van der Waals surface area contributed by atoms with Crippen LogP contribution >= 0.6 is 23.1 Å². The molecular weight excluding hydrogens is 924 g/mol. The molecule has 0 saturated heterocycles. The van der Waals surface area contributed by atoms with Crippen molar-refractivity contribution in [3.63, 3.8) is 0 Å². The highest BCUT2D eigenvalue weighted by atomic mass is 32.2. The van der Waals surface area contributed by atoms with Gasteiger partial charge in [0.05, 0.1) is 16.8 Å². The number of fused-ring (bicyclic) bond motifs is 15. The van der Waals surface area contributed by atoms with Crippen molar-refractivity contribution in [2.75, 3.05) is 9.80 Å². The van der Waals surface area contributed by atoms with Gasteiger partial charge in [-0.15, -0.1) is 11.3 Å². The molecule has 0 fully saturated rings. The molecule has 0 N–H and O–H groups in total. The highest BCUT2D eigenvalue weighted by Gasteiger charge is 2.53. The van der Waals surface area contributed by atoms with Crippen molar-refractivity contribution in [1.29, 1.82) is 0 Å². The Bertz CT molecular complexity index is 3680. The molecule has 4 aliphatic rings. The minimum absolute atomic E-state index is 0.00282. The molecule has 0 radical (unpaired) electrons. The molecule has 0 saturated carbocycles. The summed E-state index contributed by atoms with van der Waals surface area (Å²) in [6.07, 6.45) is 0. The predicted molar refractivity (Wildman–Crippen MR) is 313 cm³/mol. The summed E-state index contributed by atoms with van der Waals surface area (Å²) >= 11 is 3.93. The maximum atomic E-state index is 6.87. The summed E-state index contributed by atoms with van der Waals surface area (Å²) in [6.45, 7) is 28.0. The first-order chi connectivity index (χ1) is 34.7. The third-order valence-corrected chi connectivity index (χ3v) is 18.6. The van der Waals surface area contributed by atoms with E-state index in [9.17, 15) is 0 Å². The number of hydrogen-bond donors (Lipinski definition) is 0. The molecule has 6 heteroatoms. The van der Waals surface area contributed by atoms with Crippen LogP contribution < -0.4 is 30.2 Å². The molecule has 0 atom stereocenters. The molecule has 13 rings (SSSR count). The summed E-state index contributed by atoms with van der Waals surface area (Å²) in [5.41, 5.74) is 19.5. The van der Waals surface area contributed by atoms with Crippen molar-refractivity contribution >= 4 is 89.7 Å². The molecule has 1 aromatic heterocycles. The third-order valence-electron chi connectivity index (χ3n) is 16.2. The van der Waals surface area contributed by atoms with Gasteiger partial charge >= 0.3 is 0 Å². The van der Waals surface area contributed by atoms with E-state index < -0.39 is 5.41 Å². The lowest BCUT2D eigenvalue weighted by Crippen LogP contribution is -2.61. The zero-order valence-corrected chi connectivity index (χ0v) is 45.9. The Labute approximate surface area is 441 Å². The predicted octanol–water partition coefficient (Wildman–Crippen LogP) is 17.1. The van der Waals surface area contributed by atoms with Crippen molar-refractivity contribution < 1.29 is 4.74 Å². The van der Waals surface area contributed by atoms with Crippen LogP contribution in [0.5, 0.6) is 11.5 Å². The number of ether oxygens (including phenoxy) is 1. The summed E-state index contributed by atoms with van der Waals surface area (Å²) in [5.74, 6) is 1.80. The SMILES string of the molecule is CC(C)(C)c1ccc(N2c3cc(C(C)(C)C)cc4c3B(c3ccc5c(c32)Sc2ccccc2C52c3ccccc3Oc3ccccc32)c2sc3ccc(C(C)(C)C)cc3c2N4c2ccc(C(C)(C)C)cc2)cc1. The van der Waals surface area contributed by atoms with Crippen LogP contribution in [0.15, 0.2) is 174 Å². The van der Waals surface area contributed by atoms with E-state index in [1.807, 2.05) is 23.1 Å². The zero-order chi connectivity index (χ0) is 50.7. The van der Waals surface area contributed by atoms with Gasteiger partial charge in [-0.05, 0) is 133 Å². The lowest BCUT2D eigenvalue weighted by atomic mass is 9.36. The van der Waals surface area contributed by atoms with Crippen LogP contribution in [0, 0.1) is 0 Å². The van der Waals surface area contributed by atoms with Gasteiger partial charge in [0.1, 0.15) is 11.5 Å². The number of para-hydroxylation sites is 2. The Morgan fingerprint density at radius 3 is 1.49 bits per heavy atom. The van der Waals surface area contributed by atoms with Crippen molar-refractivity contribution in [3.8, 4) is 11.5 Å². The van der Waals surface area contributed by atoms with Crippen LogP contribution in [-0.2, 0) is 27.1 Å². The molecule has 73 heavy (non-hydrogen) atoms. The maximum absolute atomic E-state index is 6.87. The lowest BCUT2D eigenvalue weighted by Gasteiger charge is -2.48. The Hall–Kier alpha value is -6.47. The van der Waals surface area contributed by atoms with Gasteiger partial charge in [-0.3, -0.25) is 0 Å². The molecule has 0 aliphatic carbocycles. The molecule has 0 amide bonds. The number of nitrogens with zero attached hydrogens (tertiary/aromatic N) is 2. The fourth-order valence-electron chi connectivity index (χ4n) is 12.3. The van der Waals surface area contributed by atoms with E-state index in [0.717, 1.165) is 17.2 Å². The van der Waals surface area contributed by atoms with Crippen LogP contribution in [-0.4, -0.2) is 6.71 Å². The van der Waals surface area contributed by atoms with Crippen LogP contribution in [0.1, 0.15) is 128 Å². The average Bonchev–Trinajstić information content (AvgIpc) is 3.74. The number of anilines is 6. The van der Waals surface area contributed by atoms with Gasteiger partial charge in [0.2, 0.25) is 0 Å². The zero-order valence-electron chi connectivity index (χ0n) is 44.3. The quantitative estimate of drug-likeness (QED) is 0.160. The van der Waals surface area contributed by atoms with E-state index in [0.29, 0.717) is 0 Å². The van der Waals surface area contributed by atoms with Crippen molar-refractivity contribution in [2.45, 2.75) is 120 Å². The van der Waals surface area contributed by atoms with Gasteiger partial charge in [-0.1, -0.05) is 192 Å². The summed E-state index contributed by atoms with van der Waals surface area (Å²) < 4.78 is 9.58. The van der Waals surface area contributed by atoms with Crippen LogP contribution in [0.4, 0.5) is 34.1 Å². The third kappa shape index (κ3) is 6.85. The van der Waals surface area contributed by atoms with Gasteiger partial charge in [0, 0.05) is 58.5 Å². The van der Waals surface area contributed by atoms with Crippen molar-refractivity contribution in [1.82, 2.24) is 0 Å². The first kappa shape index (κ1) is 46.3. The van der Waals surface area contributed by atoms with E-state index in [-0.39, 0.29) is 28.4 Å². The summed E-state index contributed by atoms with van der Waals surface area (Å²) in [5, 5.41) is 1.32. The van der Waals surface area contributed by atoms with E-state index >= 15 is 0 Å². The van der Waals surface area contributed by atoms with Gasteiger partial charge < -0.3 is 14.5 Å². The minimum atomic E-state index is -0.646. The minimum Gasteiger partial charge on any atom is -0.457 e. The molecule has 0 unspecified atom stereocenters. The van der Waals surface area contributed by atoms with E-state index in [1.165, 1.54) is 109 Å². The van der Waals surface area contributed by atoms with E-state index in [2.05, 4.69) is 257 Å². The second-order valence-electron chi connectivity index (χ2n) is 25.0. The summed E-state index contributed by atoms with van der Waals surface area (Å²) in [4.78, 5) is 7.87. The topological polar surface area (TPSA) is 15.7 Å². The fraction of sp³-hybridized carbons (Fsp3) is 0.254. The molecule has 1 spiro atoms. The van der Waals surface area contributed by atoms with E-state index in [4.69, 9.17) is 4.74 Å². The van der Waals surface area contributed by atoms with Gasteiger partial charge in [-0.2, -0.15) is 0 Å². The summed E-state index contributed by atoms with van der Waals surface area (Å²) in [6, 6.07) is 63.1. The summed E-state index contributed by atoms with van der Waals surface area (Å²) in [7, 11) is 0. The van der Waals surface area contributed by atoms with Crippen LogP contribution in [0.2, 0.25) is 0 Å². The second-order valence-corrected chi connectivity index (χ2v) is 27.1. The standard InChI is InChI=1S/C67H63BN2OS2/c1-63(2,3)40-25-30-44(31-26-40)69-52-38-43(66(10,11)12)39-53-58(52)68(62-59(69)46-37-42(65(7,8)9)29-36-56(46)73-62)51-35-34-50-61(60(51)70(53)45-32-27-41(28-33-45)64(4,5)6)72-57-24-18-15-21-49(57)67(50)47-19-13-16-22-54(47)71-55-23-17-14-20-48(55)67/h13-39H,1-12H3. The van der Waals surface area contributed by atoms with Gasteiger partial charge in [-0.25, -0.2) is 0 Å². The molecular formula is C67H63BN2OS2. The monoisotopic (exact) mass is 986 g/mol. The number of hydrogen-bond acceptors (Lipinski definition) is 5. The van der Waals surface area contributed by atoms with Crippen LogP contribution in [0.3, 0.4) is 0 Å². The molecule has 8 aromatic carbocycles. The fourth-order valence-corrected chi connectivity index (χ4v) is 14.9. The Morgan fingerprint density at radius 1 is 0.452 bits per heavy atom.